The summed E-state index contributed by atoms with van der Waals surface area (Å²) in [6.07, 6.45) is 0. The summed E-state index contributed by atoms with van der Waals surface area (Å²) in [6, 6.07) is 6.18. The van der Waals surface area contributed by atoms with Gasteiger partial charge >= 0.3 is 10.4 Å². The molecular weight excluding hydrogens is 242 g/mol. The van der Waals surface area contributed by atoms with Crippen molar-refractivity contribution in [1.82, 2.24) is 0 Å². The number of nitrogens with two attached hydrogens (primary N) is 1. The molecular formula is C6H9N3O6S. The number of rotatable bonds is 2. The van der Waals surface area contributed by atoms with Crippen molar-refractivity contribution in [3.63, 3.8) is 0 Å². The van der Waals surface area contributed by atoms with Crippen LogP contribution in [-0.2, 0) is 10.4 Å². The number of nitrogens with zero attached hydrogens (tertiary/aromatic N) is 1. The Balaban J connectivity index is 0.000000385. The van der Waals surface area contributed by atoms with Crippen molar-refractivity contribution < 1.29 is 22.4 Å². The average Bonchev–Trinajstić information content (AvgIpc) is 2.15. The van der Waals surface area contributed by atoms with Gasteiger partial charge in [-0.05, 0) is 6.07 Å². The zero-order chi connectivity index (χ0) is 12.8. The maximum absolute atomic E-state index is 10.3. The van der Waals surface area contributed by atoms with E-state index in [0.717, 1.165) is 0 Å². The molecule has 0 radical (unpaired) electrons. The normalized spacial score (nSPS) is 9.94. The third kappa shape index (κ3) is 6.67. The number of hydrogen-bond acceptors (Lipinski definition) is 6. The Labute approximate surface area is 90.6 Å². The molecule has 1 aromatic rings. The Hall–Kier alpha value is -1.75. The number of para-hydroxylation sites is 2. The molecule has 0 aromatic heterocycles. The summed E-state index contributed by atoms with van der Waals surface area (Å²) in [4.78, 5) is 9.80. The second-order valence-corrected chi connectivity index (χ2v) is 3.26. The van der Waals surface area contributed by atoms with Gasteiger partial charge in [-0.25, -0.2) is 0 Å². The molecule has 90 valence electrons. The number of benzene rings is 1. The molecule has 0 saturated heterocycles. The topological polar surface area (TPSA) is 156 Å². The second-order valence-electron chi connectivity index (χ2n) is 2.37. The van der Waals surface area contributed by atoms with E-state index in [2.05, 4.69) is 5.43 Å². The van der Waals surface area contributed by atoms with E-state index >= 15 is 0 Å². The molecule has 0 saturated carbocycles. The van der Waals surface area contributed by atoms with E-state index in [4.69, 9.17) is 23.4 Å². The molecule has 0 aliphatic rings. The third-order valence-electron chi connectivity index (χ3n) is 1.26. The maximum atomic E-state index is 10.3. The van der Waals surface area contributed by atoms with Crippen LogP contribution >= 0.6 is 0 Å². The number of hydrazine groups is 1. The third-order valence-corrected chi connectivity index (χ3v) is 1.26. The standard InChI is InChI=1S/C6H7N3O2.H2O4S/c7-8-5-3-1-2-4-6(5)9(10)11;1-5(2,3)4/h1-4,8H,7H2;(H2,1,2,3,4). The fraction of sp³-hybridized carbons (Fsp3) is 0. The Morgan fingerprint density at radius 2 is 1.75 bits per heavy atom. The minimum atomic E-state index is -4.67. The van der Waals surface area contributed by atoms with Crippen molar-refractivity contribution in [3.05, 3.63) is 34.4 Å². The first-order valence-corrected chi connectivity index (χ1v) is 5.05. The van der Waals surface area contributed by atoms with Crippen molar-refractivity contribution in [1.29, 1.82) is 0 Å². The monoisotopic (exact) mass is 251 g/mol. The van der Waals surface area contributed by atoms with Gasteiger partial charge in [-0.15, -0.1) is 0 Å². The van der Waals surface area contributed by atoms with Crippen molar-refractivity contribution in [2.75, 3.05) is 5.43 Å². The van der Waals surface area contributed by atoms with Gasteiger partial charge in [0.15, 0.2) is 0 Å². The fourth-order valence-corrected chi connectivity index (χ4v) is 0.755. The second kappa shape index (κ2) is 5.97. The van der Waals surface area contributed by atoms with Gasteiger partial charge in [-0.3, -0.25) is 25.1 Å². The van der Waals surface area contributed by atoms with Crippen molar-refractivity contribution in [3.8, 4) is 0 Å². The lowest BCUT2D eigenvalue weighted by Gasteiger charge is -1.98. The van der Waals surface area contributed by atoms with Gasteiger partial charge in [0, 0.05) is 6.07 Å². The Morgan fingerprint density at radius 1 is 1.31 bits per heavy atom. The van der Waals surface area contributed by atoms with Crippen LogP contribution in [0.5, 0.6) is 0 Å². The number of nitro benzene ring substituents is 1. The first-order chi connectivity index (χ1) is 7.25. The SMILES string of the molecule is NNc1ccccc1[N+](=O)[O-].O=S(=O)(O)O. The van der Waals surface area contributed by atoms with Crippen LogP contribution in [0.3, 0.4) is 0 Å². The molecule has 0 fully saturated rings. The molecule has 0 aliphatic heterocycles. The quantitative estimate of drug-likeness (QED) is 0.252. The Morgan fingerprint density at radius 3 is 2.06 bits per heavy atom. The zero-order valence-corrected chi connectivity index (χ0v) is 8.59. The Kier molecular flexibility index (Phi) is 5.32. The summed E-state index contributed by atoms with van der Waals surface area (Å²) in [7, 11) is -4.67. The van der Waals surface area contributed by atoms with Crippen LogP contribution < -0.4 is 11.3 Å². The summed E-state index contributed by atoms with van der Waals surface area (Å²) in [6.45, 7) is 0. The molecule has 0 bridgehead atoms. The predicted octanol–water partition coefficient (Wildman–Crippen LogP) is 0.228. The largest absolute Gasteiger partial charge is 0.394 e. The van der Waals surface area contributed by atoms with E-state index in [0.29, 0.717) is 5.69 Å². The number of nitrogen functional groups attached to an aromatic ring is 1. The highest BCUT2D eigenvalue weighted by molar-refractivity contribution is 7.79. The van der Waals surface area contributed by atoms with Gasteiger partial charge in [0.05, 0.1) is 4.92 Å². The molecule has 1 rings (SSSR count). The van der Waals surface area contributed by atoms with E-state index < -0.39 is 15.3 Å². The van der Waals surface area contributed by atoms with Crippen LogP contribution in [0.2, 0.25) is 0 Å². The number of nitro groups is 1. The summed E-state index contributed by atoms with van der Waals surface area (Å²) >= 11 is 0. The molecule has 0 amide bonds. The number of nitrogens with one attached hydrogen (secondary N) is 1. The molecule has 0 spiro atoms. The van der Waals surface area contributed by atoms with Crippen LogP contribution in [0, 0.1) is 10.1 Å². The first-order valence-electron chi connectivity index (χ1n) is 3.65. The highest BCUT2D eigenvalue weighted by Gasteiger charge is 2.09. The molecule has 9 nitrogen and oxygen atoms in total. The van der Waals surface area contributed by atoms with Gasteiger partial charge in [0.25, 0.3) is 5.69 Å². The van der Waals surface area contributed by atoms with Gasteiger partial charge in [0.1, 0.15) is 5.69 Å². The highest BCUT2D eigenvalue weighted by Crippen LogP contribution is 2.21. The predicted molar refractivity (Wildman–Crippen MR) is 55.1 cm³/mol. The van der Waals surface area contributed by atoms with Crippen molar-refractivity contribution >= 4 is 21.8 Å². The molecule has 0 aliphatic carbocycles. The van der Waals surface area contributed by atoms with E-state index in [1.807, 2.05) is 0 Å². The van der Waals surface area contributed by atoms with Crippen LogP contribution in [-0.4, -0.2) is 22.4 Å². The minimum absolute atomic E-state index is 0.0185. The molecule has 10 heteroatoms. The summed E-state index contributed by atoms with van der Waals surface area (Å²) in [5, 5.41) is 10.3. The molecule has 16 heavy (non-hydrogen) atoms. The molecule has 0 atom stereocenters. The lowest BCUT2D eigenvalue weighted by Crippen LogP contribution is -2.08. The van der Waals surface area contributed by atoms with Crippen LogP contribution in [0.4, 0.5) is 11.4 Å². The van der Waals surface area contributed by atoms with Gasteiger partial charge in [-0.1, -0.05) is 12.1 Å². The summed E-state index contributed by atoms with van der Waals surface area (Å²) in [5.74, 6) is 5.03. The Bertz CT molecular complexity index is 451. The molecule has 0 heterocycles. The average molecular weight is 251 g/mol. The van der Waals surface area contributed by atoms with Gasteiger partial charge in [-0.2, -0.15) is 8.42 Å². The van der Waals surface area contributed by atoms with E-state index in [1.54, 1.807) is 12.1 Å². The number of hydrogen-bond donors (Lipinski definition) is 4. The first kappa shape index (κ1) is 14.2. The lowest BCUT2D eigenvalue weighted by atomic mass is 10.3. The lowest BCUT2D eigenvalue weighted by molar-refractivity contribution is -0.384. The van der Waals surface area contributed by atoms with Crippen molar-refractivity contribution in [2.45, 2.75) is 0 Å². The highest BCUT2D eigenvalue weighted by atomic mass is 32.3. The smallest absolute Gasteiger partial charge is 0.318 e. The van der Waals surface area contributed by atoms with E-state index in [1.165, 1.54) is 12.1 Å². The van der Waals surface area contributed by atoms with E-state index in [-0.39, 0.29) is 5.69 Å². The molecule has 0 unspecified atom stereocenters. The van der Waals surface area contributed by atoms with Crippen LogP contribution in [0.25, 0.3) is 0 Å². The number of anilines is 1. The van der Waals surface area contributed by atoms with E-state index in [9.17, 15) is 10.1 Å². The zero-order valence-electron chi connectivity index (χ0n) is 7.77. The van der Waals surface area contributed by atoms with Crippen molar-refractivity contribution in [2.24, 2.45) is 5.84 Å². The minimum Gasteiger partial charge on any atom is -0.318 e. The van der Waals surface area contributed by atoms with Gasteiger partial charge in [0.2, 0.25) is 0 Å². The molecule has 1 aromatic carbocycles. The molecule has 5 N–H and O–H groups in total. The van der Waals surface area contributed by atoms with Crippen LogP contribution in [0.15, 0.2) is 24.3 Å². The summed E-state index contributed by atoms with van der Waals surface area (Å²) < 4.78 is 31.6. The summed E-state index contributed by atoms with van der Waals surface area (Å²) in [5.41, 5.74) is 2.53. The maximum Gasteiger partial charge on any atom is 0.394 e. The fourth-order valence-electron chi connectivity index (χ4n) is 0.755. The van der Waals surface area contributed by atoms with Gasteiger partial charge < -0.3 is 5.43 Å². The van der Waals surface area contributed by atoms with Crippen LogP contribution in [0.1, 0.15) is 0 Å².